The van der Waals surface area contributed by atoms with E-state index in [1.165, 1.54) is 22.9 Å². The predicted octanol–water partition coefficient (Wildman–Crippen LogP) is 1.40. The maximum absolute atomic E-state index is 12.1. The van der Waals surface area contributed by atoms with Gasteiger partial charge in [0.1, 0.15) is 5.69 Å². The van der Waals surface area contributed by atoms with E-state index in [0.717, 1.165) is 0 Å². The zero-order valence-corrected chi connectivity index (χ0v) is 11.5. The number of primary amides is 1. The van der Waals surface area contributed by atoms with Gasteiger partial charge in [-0.2, -0.15) is 5.10 Å². The summed E-state index contributed by atoms with van der Waals surface area (Å²) >= 11 is 0. The highest BCUT2D eigenvalue weighted by atomic mass is 16.6. The number of rotatable bonds is 3. The summed E-state index contributed by atoms with van der Waals surface area (Å²) in [6, 6.07) is 6.04. The summed E-state index contributed by atoms with van der Waals surface area (Å²) in [7, 11) is 0. The van der Waals surface area contributed by atoms with Gasteiger partial charge in [-0.25, -0.2) is 4.68 Å². The highest BCUT2D eigenvalue weighted by Gasteiger charge is 2.31. The van der Waals surface area contributed by atoms with Crippen LogP contribution >= 0.6 is 0 Å². The van der Waals surface area contributed by atoms with Gasteiger partial charge in [0.05, 0.1) is 16.2 Å². The molecular formula is C14H12N4O4. The van der Waals surface area contributed by atoms with Crippen molar-refractivity contribution in [3.8, 4) is 5.69 Å². The number of nitro groups is 1. The lowest BCUT2D eigenvalue weighted by Gasteiger charge is -2.13. The topological polar surface area (TPSA) is 121 Å². The van der Waals surface area contributed by atoms with Crippen molar-refractivity contribution >= 4 is 17.4 Å². The van der Waals surface area contributed by atoms with Crippen LogP contribution in [0.2, 0.25) is 0 Å². The molecule has 1 aromatic heterocycles. The monoisotopic (exact) mass is 300 g/mol. The largest absolute Gasteiger partial charge is 0.364 e. The third-order valence-corrected chi connectivity index (χ3v) is 3.62. The van der Waals surface area contributed by atoms with Crippen molar-refractivity contribution in [1.82, 2.24) is 9.78 Å². The second-order valence-corrected chi connectivity index (χ2v) is 4.97. The van der Waals surface area contributed by atoms with Crippen molar-refractivity contribution in [3.05, 3.63) is 51.3 Å². The second kappa shape index (κ2) is 5.06. The summed E-state index contributed by atoms with van der Waals surface area (Å²) in [4.78, 5) is 34.3. The smallest absolute Gasteiger partial charge is 0.294 e. The van der Waals surface area contributed by atoms with Crippen molar-refractivity contribution in [2.24, 2.45) is 5.73 Å². The van der Waals surface area contributed by atoms with E-state index in [-0.39, 0.29) is 28.4 Å². The minimum atomic E-state index is -0.816. The van der Waals surface area contributed by atoms with Gasteiger partial charge in [0, 0.05) is 12.5 Å². The Morgan fingerprint density at radius 2 is 2.05 bits per heavy atom. The molecule has 0 atom stereocenters. The van der Waals surface area contributed by atoms with Crippen LogP contribution in [0, 0.1) is 10.1 Å². The summed E-state index contributed by atoms with van der Waals surface area (Å²) in [5.74, 6) is -1.02. The number of para-hydroxylation sites is 2. The molecule has 8 heteroatoms. The van der Waals surface area contributed by atoms with Crippen LogP contribution in [0.25, 0.3) is 5.69 Å². The molecule has 1 aromatic carbocycles. The van der Waals surface area contributed by atoms with E-state index in [1.807, 2.05) is 0 Å². The van der Waals surface area contributed by atoms with E-state index in [1.54, 1.807) is 6.07 Å². The average molecular weight is 300 g/mol. The molecule has 1 amide bonds. The van der Waals surface area contributed by atoms with Crippen LogP contribution < -0.4 is 5.73 Å². The number of carbonyl (C=O) groups excluding carboxylic acids is 2. The normalized spacial score (nSPS) is 13.7. The number of hydrogen-bond acceptors (Lipinski definition) is 5. The highest BCUT2D eigenvalue weighted by molar-refractivity contribution is 6.08. The van der Waals surface area contributed by atoms with Gasteiger partial charge < -0.3 is 5.73 Å². The van der Waals surface area contributed by atoms with Crippen molar-refractivity contribution in [2.45, 2.75) is 19.3 Å². The molecule has 1 aliphatic carbocycles. The van der Waals surface area contributed by atoms with Crippen molar-refractivity contribution in [1.29, 1.82) is 0 Å². The molecule has 0 fully saturated rings. The minimum Gasteiger partial charge on any atom is -0.364 e. The van der Waals surface area contributed by atoms with Crippen LogP contribution in [0.4, 0.5) is 5.69 Å². The molecule has 2 aromatic rings. The molecule has 112 valence electrons. The van der Waals surface area contributed by atoms with Crippen molar-refractivity contribution < 1.29 is 14.5 Å². The Balaban J connectivity index is 2.30. The van der Waals surface area contributed by atoms with Gasteiger partial charge in [-0.1, -0.05) is 12.1 Å². The molecule has 0 saturated heterocycles. The lowest BCUT2D eigenvalue weighted by atomic mass is 9.94. The molecule has 8 nitrogen and oxygen atoms in total. The quantitative estimate of drug-likeness (QED) is 0.678. The van der Waals surface area contributed by atoms with Crippen LogP contribution in [0.5, 0.6) is 0 Å². The van der Waals surface area contributed by atoms with Gasteiger partial charge >= 0.3 is 0 Å². The maximum Gasteiger partial charge on any atom is 0.294 e. The highest BCUT2D eigenvalue weighted by Crippen LogP contribution is 2.30. The third-order valence-electron chi connectivity index (χ3n) is 3.62. The number of carbonyl (C=O) groups is 2. The van der Waals surface area contributed by atoms with Crippen LogP contribution in [0.1, 0.15) is 39.4 Å². The van der Waals surface area contributed by atoms with Crippen molar-refractivity contribution in [3.63, 3.8) is 0 Å². The molecule has 22 heavy (non-hydrogen) atoms. The van der Waals surface area contributed by atoms with Gasteiger partial charge in [-0.3, -0.25) is 19.7 Å². The fraction of sp³-hybridized carbons (Fsp3) is 0.214. The predicted molar refractivity (Wildman–Crippen MR) is 76.0 cm³/mol. The van der Waals surface area contributed by atoms with E-state index in [9.17, 15) is 19.7 Å². The van der Waals surface area contributed by atoms with E-state index >= 15 is 0 Å². The first-order valence-electron chi connectivity index (χ1n) is 6.69. The Kier molecular flexibility index (Phi) is 3.21. The maximum atomic E-state index is 12.1. The van der Waals surface area contributed by atoms with Crippen LogP contribution in [-0.2, 0) is 6.42 Å². The standard InChI is InChI=1S/C14H12N4O4/c15-14(20)13-12-10(6-3-7-11(12)19)17(16-13)8-4-1-2-5-9(8)18(21)22/h1-2,4-5H,3,6-7H2,(H2,15,20). The fourth-order valence-electron chi connectivity index (χ4n) is 2.69. The van der Waals surface area contributed by atoms with Gasteiger partial charge in [0.25, 0.3) is 11.6 Å². The van der Waals surface area contributed by atoms with E-state index in [2.05, 4.69) is 5.10 Å². The summed E-state index contributed by atoms with van der Waals surface area (Å²) in [6.07, 6.45) is 1.43. The van der Waals surface area contributed by atoms with Gasteiger partial charge in [0.15, 0.2) is 11.5 Å². The first kappa shape index (κ1) is 13.9. The van der Waals surface area contributed by atoms with Gasteiger partial charge in [-0.05, 0) is 18.9 Å². The number of nitro benzene ring substituents is 1. The summed E-state index contributed by atoms with van der Waals surface area (Å²) in [5, 5.41) is 15.2. The Morgan fingerprint density at radius 1 is 1.32 bits per heavy atom. The molecule has 1 aliphatic rings. The number of benzene rings is 1. The molecule has 3 rings (SSSR count). The lowest BCUT2D eigenvalue weighted by molar-refractivity contribution is -0.384. The molecule has 1 heterocycles. The Hall–Kier alpha value is -3.03. The molecular weight excluding hydrogens is 288 g/mol. The number of ketones is 1. The molecule has 0 radical (unpaired) electrons. The Bertz CT molecular complexity index is 809. The molecule has 0 bridgehead atoms. The molecule has 2 N–H and O–H groups in total. The number of nitrogens with zero attached hydrogens (tertiary/aromatic N) is 3. The average Bonchev–Trinajstić information content (AvgIpc) is 2.88. The summed E-state index contributed by atoms with van der Waals surface area (Å²) in [5.41, 5.74) is 5.92. The van der Waals surface area contributed by atoms with Gasteiger partial charge in [-0.15, -0.1) is 0 Å². The number of nitrogens with two attached hydrogens (primary N) is 1. The van der Waals surface area contributed by atoms with Crippen LogP contribution in [0.15, 0.2) is 24.3 Å². The lowest BCUT2D eigenvalue weighted by Crippen LogP contribution is -2.18. The number of aromatic nitrogens is 2. The summed E-state index contributed by atoms with van der Waals surface area (Å²) < 4.78 is 1.30. The fourth-order valence-corrected chi connectivity index (χ4v) is 2.69. The number of hydrogen-bond donors (Lipinski definition) is 1. The third kappa shape index (κ3) is 2.05. The SMILES string of the molecule is NC(=O)c1nn(-c2ccccc2[N+](=O)[O-])c2c1C(=O)CCC2. The Labute approximate surface area is 124 Å². The summed E-state index contributed by atoms with van der Waals surface area (Å²) in [6.45, 7) is 0. The van der Waals surface area contributed by atoms with Crippen LogP contribution in [-0.4, -0.2) is 26.4 Å². The molecule has 0 saturated carbocycles. The van der Waals surface area contributed by atoms with Crippen molar-refractivity contribution in [2.75, 3.05) is 0 Å². The number of fused-ring (bicyclic) bond motifs is 1. The van der Waals surface area contributed by atoms with E-state index in [4.69, 9.17) is 5.73 Å². The molecule has 0 unspecified atom stereocenters. The molecule has 0 aliphatic heterocycles. The number of amides is 1. The number of Topliss-reactive ketones (excluding diaryl/α,β-unsaturated/α-hetero) is 1. The van der Waals surface area contributed by atoms with E-state index < -0.39 is 10.8 Å². The second-order valence-electron chi connectivity index (χ2n) is 4.97. The Morgan fingerprint density at radius 3 is 2.73 bits per heavy atom. The van der Waals surface area contributed by atoms with Crippen LogP contribution in [0.3, 0.4) is 0 Å². The molecule has 0 spiro atoms. The first-order chi connectivity index (χ1) is 10.5. The minimum absolute atomic E-state index is 0.127. The first-order valence-corrected chi connectivity index (χ1v) is 6.69. The van der Waals surface area contributed by atoms with Gasteiger partial charge in [0.2, 0.25) is 0 Å². The zero-order valence-electron chi connectivity index (χ0n) is 11.5. The zero-order chi connectivity index (χ0) is 15.9. The van der Waals surface area contributed by atoms with E-state index in [0.29, 0.717) is 25.0 Å².